The number of aromatic amines is 1. The van der Waals surface area contributed by atoms with Crippen LogP contribution in [0.1, 0.15) is 13.2 Å². The first-order valence-corrected chi connectivity index (χ1v) is 13.5. The molecule has 186 valence electrons. The molecule has 1 aromatic heterocycles. The van der Waals surface area contributed by atoms with Gasteiger partial charge < -0.3 is 29.4 Å². The summed E-state index contributed by atoms with van der Waals surface area (Å²) in [5, 5.41) is 12.5. The van der Waals surface area contributed by atoms with E-state index in [1.54, 1.807) is 0 Å². The van der Waals surface area contributed by atoms with Gasteiger partial charge in [-0.3, -0.25) is 18.9 Å². The van der Waals surface area contributed by atoms with E-state index in [1.165, 1.54) is 0 Å². The fraction of sp³-hybridized carbons (Fsp3) is 0.500. The Balaban J connectivity index is 2.32. The van der Waals surface area contributed by atoms with Crippen molar-refractivity contribution in [2.24, 2.45) is 0 Å². The van der Waals surface area contributed by atoms with Crippen LogP contribution in [0, 0.1) is 11.3 Å². The number of H-pyrrole nitrogens is 1. The van der Waals surface area contributed by atoms with Gasteiger partial charge in [0.25, 0.3) is 5.56 Å². The zero-order chi connectivity index (χ0) is 25.4. The normalized spacial score (nSPS) is 30.0. The number of phosphoric acid groups is 3. The SMILES string of the molecule is C[C@@H](OP(=O)(O)OP(=O)(O)OP(=O)(O)O)[C@H]1O[C@@H](n2ccc(=O)[nH]c2=O)C(Cl)(C#CCl)[C@H]1O. The van der Waals surface area contributed by atoms with E-state index in [-0.39, 0.29) is 0 Å². The molecule has 7 atom stereocenters. The second-order valence-electron chi connectivity index (χ2n) is 6.30. The third kappa shape index (κ3) is 7.08. The Morgan fingerprint density at radius 2 is 1.82 bits per heavy atom. The molecular weight excluding hydrogens is 560 g/mol. The summed E-state index contributed by atoms with van der Waals surface area (Å²) in [6.07, 6.45) is -5.95. The van der Waals surface area contributed by atoms with Crippen LogP contribution in [-0.2, 0) is 31.6 Å². The largest absolute Gasteiger partial charge is 0.490 e. The highest BCUT2D eigenvalue weighted by molar-refractivity contribution is 7.66. The second kappa shape index (κ2) is 10.0. The van der Waals surface area contributed by atoms with Gasteiger partial charge in [-0.05, 0) is 18.5 Å². The van der Waals surface area contributed by atoms with Crippen LogP contribution in [0.4, 0.5) is 0 Å². The number of ether oxygens (including phenoxy) is 1. The van der Waals surface area contributed by atoms with Crippen molar-refractivity contribution in [2.75, 3.05) is 0 Å². The van der Waals surface area contributed by atoms with Crippen LogP contribution < -0.4 is 11.2 Å². The first-order valence-electron chi connectivity index (χ1n) is 8.20. The molecule has 6 N–H and O–H groups in total. The predicted octanol–water partition coefficient (Wildman–Crippen LogP) is -0.296. The molecule has 1 aliphatic rings. The Bertz CT molecular complexity index is 1220. The predicted molar refractivity (Wildman–Crippen MR) is 108 cm³/mol. The van der Waals surface area contributed by atoms with Crippen LogP contribution >= 0.6 is 46.7 Å². The molecule has 0 bridgehead atoms. The molecule has 16 nitrogen and oxygen atoms in total. The van der Waals surface area contributed by atoms with E-state index in [9.17, 15) is 38.2 Å². The number of hydrogen-bond donors (Lipinski definition) is 6. The lowest BCUT2D eigenvalue weighted by Crippen LogP contribution is -2.45. The molecular formula is C12H15Cl2N2O14P3. The number of aromatic nitrogens is 2. The molecule has 0 radical (unpaired) electrons. The van der Waals surface area contributed by atoms with Crippen molar-refractivity contribution in [1.29, 1.82) is 0 Å². The molecule has 0 amide bonds. The minimum Gasteiger partial charge on any atom is -0.387 e. The van der Waals surface area contributed by atoms with Crippen LogP contribution in [0.3, 0.4) is 0 Å². The van der Waals surface area contributed by atoms with Crippen molar-refractivity contribution in [2.45, 2.75) is 36.3 Å². The Labute approximate surface area is 193 Å². The number of rotatable bonds is 8. The number of phosphoric ester groups is 1. The van der Waals surface area contributed by atoms with E-state index in [0.717, 1.165) is 23.8 Å². The maximum absolute atomic E-state index is 12.1. The van der Waals surface area contributed by atoms with E-state index in [1.807, 2.05) is 10.4 Å². The summed E-state index contributed by atoms with van der Waals surface area (Å²) in [7, 11) is -17.0. The summed E-state index contributed by atoms with van der Waals surface area (Å²) in [6.45, 7) is 1.01. The highest BCUT2D eigenvalue weighted by atomic mass is 35.5. The Hall–Kier alpha value is -0.850. The first kappa shape index (κ1) is 28.4. The smallest absolute Gasteiger partial charge is 0.387 e. The van der Waals surface area contributed by atoms with Crippen LogP contribution in [0.5, 0.6) is 0 Å². The van der Waals surface area contributed by atoms with Crippen LogP contribution in [0.15, 0.2) is 21.9 Å². The third-order valence-electron chi connectivity index (χ3n) is 3.91. The molecule has 0 saturated carbocycles. The van der Waals surface area contributed by atoms with E-state index < -0.39 is 64.1 Å². The molecule has 0 spiro atoms. The molecule has 0 aromatic carbocycles. The van der Waals surface area contributed by atoms with Crippen LogP contribution in [-0.4, -0.2) is 57.4 Å². The fourth-order valence-corrected chi connectivity index (χ4v) is 6.46. The van der Waals surface area contributed by atoms with Crippen molar-refractivity contribution in [3.63, 3.8) is 0 Å². The topological polar surface area (TPSA) is 244 Å². The van der Waals surface area contributed by atoms with Gasteiger partial charge in [0.15, 0.2) is 11.1 Å². The summed E-state index contributed by atoms with van der Waals surface area (Å²) in [5.41, 5.74) is -1.79. The fourth-order valence-electron chi connectivity index (χ4n) is 2.73. The Morgan fingerprint density at radius 1 is 1.21 bits per heavy atom. The van der Waals surface area contributed by atoms with Crippen LogP contribution in [0.2, 0.25) is 0 Å². The minimum absolute atomic E-state index is 0.733. The van der Waals surface area contributed by atoms with E-state index in [4.69, 9.17) is 37.7 Å². The molecule has 2 rings (SSSR count). The van der Waals surface area contributed by atoms with Gasteiger partial charge >= 0.3 is 29.2 Å². The summed E-state index contributed by atoms with van der Waals surface area (Å²) in [5.74, 6) is 2.22. The lowest BCUT2D eigenvalue weighted by atomic mass is 9.97. The number of aliphatic hydroxyl groups excluding tert-OH is 1. The Kier molecular flexibility index (Phi) is 8.62. The summed E-state index contributed by atoms with van der Waals surface area (Å²) in [4.78, 5) is 59.2. The van der Waals surface area contributed by atoms with Crippen molar-refractivity contribution in [3.8, 4) is 11.3 Å². The van der Waals surface area contributed by atoms with Crippen molar-refractivity contribution < 1.29 is 56.3 Å². The number of halogens is 2. The number of alkyl halides is 1. The molecule has 1 aromatic rings. The molecule has 1 aliphatic heterocycles. The van der Waals surface area contributed by atoms with Gasteiger partial charge in [0.1, 0.15) is 12.2 Å². The summed E-state index contributed by atoms with van der Waals surface area (Å²) in [6, 6.07) is 0.922. The lowest BCUT2D eigenvalue weighted by molar-refractivity contribution is -0.0749. The van der Waals surface area contributed by atoms with Gasteiger partial charge in [-0.1, -0.05) is 17.5 Å². The average molecular weight is 575 g/mol. The van der Waals surface area contributed by atoms with Crippen LogP contribution in [0.25, 0.3) is 0 Å². The highest BCUT2D eigenvalue weighted by Gasteiger charge is 2.58. The third-order valence-corrected chi connectivity index (χ3v) is 8.43. The first-order chi connectivity index (χ1) is 14.9. The molecule has 3 unspecified atom stereocenters. The van der Waals surface area contributed by atoms with Gasteiger partial charge in [-0.15, -0.1) is 0 Å². The number of nitrogens with zero attached hydrogens (tertiary/aromatic N) is 1. The molecule has 0 aliphatic carbocycles. The highest BCUT2D eigenvalue weighted by Crippen LogP contribution is 2.66. The number of aliphatic hydroxyl groups is 1. The maximum atomic E-state index is 12.1. The molecule has 33 heavy (non-hydrogen) atoms. The molecule has 21 heteroatoms. The van der Waals surface area contributed by atoms with Gasteiger partial charge in [0.05, 0.1) is 6.10 Å². The van der Waals surface area contributed by atoms with Crippen molar-refractivity contribution in [3.05, 3.63) is 33.1 Å². The monoisotopic (exact) mass is 574 g/mol. The van der Waals surface area contributed by atoms with E-state index >= 15 is 0 Å². The standard InChI is InChI=1S/C12H15Cl2N2O14P3/c1-6(28-32(23,24)30-33(25,26)29-31(20,21)22)8-9(18)12(14,3-4-13)10(27-8)16-5-2-7(17)15-11(16)19/h2,5-6,8-10,18H,1H3,(H,23,24)(H,25,26)(H,15,17,19)(H2,20,21,22)/t6-,8-,9+,10-,12?/m1/s1. The quantitative estimate of drug-likeness (QED) is 0.133. The molecule has 2 heterocycles. The number of hydrogen-bond acceptors (Lipinski definition) is 10. The number of nitrogens with one attached hydrogen (secondary N) is 1. The van der Waals surface area contributed by atoms with Gasteiger partial charge in [0, 0.05) is 17.6 Å². The zero-order valence-electron chi connectivity index (χ0n) is 15.9. The average Bonchev–Trinajstić information content (AvgIpc) is 2.83. The summed E-state index contributed by atoms with van der Waals surface area (Å²) >= 11 is 11.7. The van der Waals surface area contributed by atoms with E-state index in [2.05, 4.69) is 19.1 Å². The van der Waals surface area contributed by atoms with Gasteiger partial charge in [-0.25, -0.2) is 18.5 Å². The second-order valence-corrected chi connectivity index (χ2v) is 11.5. The van der Waals surface area contributed by atoms with Crippen molar-refractivity contribution in [1.82, 2.24) is 9.55 Å². The Morgan fingerprint density at radius 3 is 2.33 bits per heavy atom. The van der Waals surface area contributed by atoms with Crippen molar-refractivity contribution >= 4 is 46.7 Å². The summed E-state index contributed by atoms with van der Waals surface area (Å²) < 4.78 is 52.2. The van der Waals surface area contributed by atoms with Gasteiger partial charge in [0.2, 0.25) is 0 Å². The maximum Gasteiger partial charge on any atom is 0.490 e. The zero-order valence-corrected chi connectivity index (χ0v) is 20.1. The minimum atomic E-state index is -5.80. The lowest BCUT2D eigenvalue weighted by Gasteiger charge is -2.26. The van der Waals surface area contributed by atoms with E-state index in [0.29, 0.717) is 0 Å². The molecule has 1 saturated heterocycles. The molecule has 1 fully saturated rings. The van der Waals surface area contributed by atoms with Gasteiger partial charge in [-0.2, -0.15) is 8.62 Å².